The standard InChI is InChI=1S/C11H11N3/c1-8-5-10(3-4-12-8)11-6-13-9(2)14-7-11/h3-7H,1-2H3. The van der Waals surface area contributed by atoms with Gasteiger partial charge in [-0.15, -0.1) is 0 Å². The van der Waals surface area contributed by atoms with Crippen molar-refractivity contribution in [1.82, 2.24) is 15.0 Å². The Bertz CT molecular complexity index is 435. The second-order valence-corrected chi connectivity index (χ2v) is 3.20. The van der Waals surface area contributed by atoms with E-state index in [0.717, 1.165) is 22.6 Å². The molecule has 70 valence electrons. The molecule has 3 heteroatoms. The van der Waals surface area contributed by atoms with Crippen LogP contribution in [0.2, 0.25) is 0 Å². The largest absolute Gasteiger partial charge is 0.262 e. The molecular formula is C11H11N3. The third kappa shape index (κ3) is 1.76. The Morgan fingerprint density at radius 2 is 1.64 bits per heavy atom. The molecule has 0 bridgehead atoms. The first-order chi connectivity index (χ1) is 6.75. The van der Waals surface area contributed by atoms with Crippen molar-refractivity contribution in [2.45, 2.75) is 13.8 Å². The minimum atomic E-state index is 0.791. The lowest BCUT2D eigenvalue weighted by Crippen LogP contribution is -1.88. The molecule has 0 aliphatic heterocycles. The van der Waals surface area contributed by atoms with E-state index in [-0.39, 0.29) is 0 Å². The van der Waals surface area contributed by atoms with E-state index in [1.807, 2.05) is 38.4 Å². The Kier molecular flexibility index (Phi) is 2.23. The quantitative estimate of drug-likeness (QED) is 0.683. The molecule has 2 rings (SSSR count). The summed E-state index contributed by atoms with van der Waals surface area (Å²) >= 11 is 0. The number of rotatable bonds is 1. The lowest BCUT2D eigenvalue weighted by atomic mass is 10.1. The summed E-state index contributed by atoms with van der Waals surface area (Å²) < 4.78 is 0. The summed E-state index contributed by atoms with van der Waals surface area (Å²) in [6.07, 6.45) is 5.46. The van der Waals surface area contributed by atoms with Gasteiger partial charge in [0.15, 0.2) is 0 Å². The van der Waals surface area contributed by atoms with Gasteiger partial charge >= 0.3 is 0 Å². The van der Waals surface area contributed by atoms with Crippen LogP contribution in [0.4, 0.5) is 0 Å². The fourth-order valence-corrected chi connectivity index (χ4v) is 1.27. The molecule has 3 nitrogen and oxygen atoms in total. The molecule has 0 saturated heterocycles. The van der Waals surface area contributed by atoms with E-state index in [0.29, 0.717) is 0 Å². The van der Waals surface area contributed by atoms with E-state index in [1.165, 1.54) is 0 Å². The van der Waals surface area contributed by atoms with Crippen LogP contribution in [0.15, 0.2) is 30.7 Å². The summed E-state index contributed by atoms with van der Waals surface area (Å²) in [6.45, 7) is 3.85. The van der Waals surface area contributed by atoms with Crippen LogP contribution in [0.3, 0.4) is 0 Å². The molecule has 0 atom stereocenters. The molecule has 2 aromatic rings. The first-order valence-corrected chi connectivity index (χ1v) is 4.47. The van der Waals surface area contributed by atoms with Crippen molar-refractivity contribution in [3.63, 3.8) is 0 Å². The molecule has 0 saturated carbocycles. The fraction of sp³-hybridized carbons (Fsp3) is 0.182. The maximum absolute atomic E-state index is 4.15. The molecular weight excluding hydrogens is 174 g/mol. The van der Waals surface area contributed by atoms with Gasteiger partial charge in [-0.05, 0) is 31.5 Å². The van der Waals surface area contributed by atoms with Gasteiger partial charge in [0.05, 0.1) is 0 Å². The van der Waals surface area contributed by atoms with Crippen LogP contribution in [0.5, 0.6) is 0 Å². The summed E-state index contributed by atoms with van der Waals surface area (Å²) in [5.41, 5.74) is 3.14. The van der Waals surface area contributed by atoms with Crippen LogP contribution < -0.4 is 0 Å². The monoisotopic (exact) mass is 185 g/mol. The third-order valence-electron chi connectivity index (χ3n) is 2.01. The average Bonchev–Trinajstić information content (AvgIpc) is 2.19. The minimum Gasteiger partial charge on any atom is -0.262 e. The number of pyridine rings is 1. The number of hydrogen-bond donors (Lipinski definition) is 0. The van der Waals surface area contributed by atoms with Crippen molar-refractivity contribution in [2.75, 3.05) is 0 Å². The molecule has 0 aliphatic rings. The zero-order valence-electron chi connectivity index (χ0n) is 8.23. The highest BCUT2D eigenvalue weighted by Crippen LogP contribution is 2.16. The molecule has 0 unspecified atom stereocenters. The maximum atomic E-state index is 4.15. The summed E-state index contributed by atoms with van der Waals surface area (Å²) in [6, 6.07) is 3.98. The SMILES string of the molecule is Cc1cc(-c2cnc(C)nc2)ccn1. The van der Waals surface area contributed by atoms with E-state index in [4.69, 9.17) is 0 Å². The fourth-order valence-electron chi connectivity index (χ4n) is 1.27. The summed E-state index contributed by atoms with van der Waals surface area (Å²) in [5.74, 6) is 0.791. The normalized spacial score (nSPS) is 10.1. The van der Waals surface area contributed by atoms with E-state index < -0.39 is 0 Å². The molecule has 2 heterocycles. The molecule has 0 amide bonds. The molecule has 2 aromatic heterocycles. The zero-order valence-corrected chi connectivity index (χ0v) is 8.23. The summed E-state index contributed by atoms with van der Waals surface area (Å²) in [5, 5.41) is 0. The predicted molar refractivity (Wildman–Crippen MR) is 54.7 cm³/mol. The van der Waals surface area contributed by atoms with Gasteiger partial charge in [-0.3, -0.25) is 4.98 Å². The Labute approximate surface area is 82.9 Å². The number of hydrogen-bond acceptors (Lipinski definition) is 3. The number of aryl methyl sites for hydroxylation is 2. The van der Waals surface area contributed by atoms with Crippen LogP contribution >= 0.6 is 0 Å². The highest BCUT2D eigenvalue weighted by molar-refractivity contribution is 5.61. The molecule has 14 heavy (non-hydrogen) atoms. The lowest BCUT2D eigenvalue weighted by molar-refractivity contribution is 1.05. The van der Waals surface area contributed by atoms with Gasteiger partial charge in [0, 0.05) is 29.8 Å². The minimum absolute atomic E-state index is 0.791. The van der Waals surface area contributed by atoms with Crippen LogP contribution in [-0.2, 0) is 0 Å². The van der Waals surface area contributed by atoms with Gasteiger partial charge in [-0.25, -0.2) is 9.97 Å². The Morgan fingerprint density at radius 1 is 0.929 bits per heavy atom. The first-order valence-electron chi connectivity index (χ1n) is 4.47. The van der Waals surface area contributed by atoms with Gasteiger partial charge in [0.25, 0.3) is 0 Å². The number of nitrogens with zero attached hydrogens (tertiary/aromatic N) is 3. The van der Waals surface area contributed by atoms with Crippen molar-refractivity contribution in [3.8, 4) is 11.1 Å². The summed E-state index contributed by atoms with van der Waals surface area (Å²) in [7, 11) is 0. The van der Waals surface area contributed by atoms with E-state index in [9.17, 15) is 0 Å². The van der Waals surface area contributed by atoms with Gasteiger partial charge < -0.3 is 0 Å². The van der Waals surface area contributed by atoms with Crippen LogP contribution in [-0.4, -0.2) is 15.0 Å². The van der Waals surface area contributed by atoms with Crippen molar-refractivity contribution < 1.29 is 0 Å². The van der Waals surface area contributed by atoms with Crippen molar-refractivity contribution in [3.05, 3.63) is 42.2 Å². The van der Waals surface area contributed by atoms with Gasteiger partial charge in [-0.2, -0.15) is 0 Å². The zero-order chi connectivity index (χ0) is 9.97. The van der Waals surface area contributed by atoms with Crippen molar-refractivity contribution >= 4 is 0 Å². The predicted octanol–water partition coefficient (Wildman–Crippen LogP) is 2.16. The number of aromatic nitrogens is 3. The molecule has 0 N–H and O–H groups in total. The molecule has 0 aromatic carbocycles. The molecule has 0 aliphatic carbocycles. The van der Waals surface area contributed by atoms with Crippen LogP contribution in [0.25, 0.3) is 11.1 Å². The van der Waals surface area contributed by atoms with Crippen LogP contribution in [0.1, 0.15) is 11.5 Å². The van der Waals surface area contributed by atoms with E-state index in [2.05, 4.69) is 15.0 Å². The van der Waals surface area contributed by atoms with E-state index >= 15 is 0 Å². The average molecular weight is 185 g/mol. The molecule has 0 fully saturated rings. The van der Waals surface area contributed by atoms with Crippen molar-refractivity contribution in [1.29, 1.82) is 0 Å². The second-order valence-electron chi connectivity index (χ2n) is 3.20. The third-order valence-corrected chi connectivity index (χ3v) is 2.01. The van der Waals surface area contributed by atoms with Gasteiger partial charge in [0.2, 0.25) is 0 Å². The Balaban J connectivity index is 2.44. The Morgan fingerprint density at radius 3 is 2.29 bits per heavy atom. The second kappa shape index (κ2) is 3.54. The highest BCUT2D eigenvalue weighted by Gasteiger charge is 1.98. The van der Waals surface area contributed by atoms with E-state index in [1.54, 1.807) is 6.20 Å². The van der Waals surface area contributed by atoms with Gasteiger partial charge in [-0.1, -0.05) is 0 Å². The topological polar surface area (TPSA) is 38.7 Å². The molecule has 0 spiro atoms. The lowest BCUT2D eigenvalue weighted by Gasteiger charge is -2.01. The van der Waals surface area contributed by atoms with Crippen LogP contribution in [0, 0.1) is 13.8 Å². The maximum Gasteiger partial charge on any atom is 0.125 e. The Hall–Kier alpha value is -1.77. The van der Waals surface area contributed by atoms with Crippen molar-refractivity contribution in [2.24, 2.45) is 0 Å². The molecule has 0 radical (unpaired) electrons. The summed E-state index contributed by atoms with van der Waals surface area (Å²) in [4.78, 5) is 12.4. The highest BCUT2D eigenvalue weighted by atomic mass is 14.8. The van der Waals surface area contributed by atoms with Gasteiger partial charge in [0.1, 0.15) is 5.82 Å². The first kappa shape index (κ1) is 8.81. The smallest absolute Gasteiger partial charge is 0.125 e.